The normalized spacial score (nSPS) is 21.1. The fourth-order valence-corrected chi connectivity index (χ4v) is 1.95. The maximum absolute atomic E-state index is 9.26. The maximum atomic E-state index is 9.26. The number of aromatic nitrogens is 1. The molecule has 5 nitrogen and oxygen atoms in total. The molecule has 0 radical (unpaired) electrons. The minimum atomic E-state index is 0.00972. The average molecular weight is 233 g/mol. The van der Waals surface area contributed by atoms with Gasteiger partial charge in [-0.3, -0.25) is 4.90 Å². The highest BCUT2D eigenvalue weighted by molar-refractivity contribution is 5.30. The van der Waals surface area contributed by atoms with Gasteiger partial charge >= 0.3 is 0 Å². The van der Waals surface area contributed by atoms with Crippen molar-refractivity contribution in [1.82, 2.24) is 9.88 Å². The predicted octanol–water partition coefficient (Wildman–Crippen LogP) is 0.146. The highest BCUT2D eigenvalue weighted by atomic mass is 16.5. The molecule has 1 unspecified atom stereocenters. The molecule has 1 aliphatic rings. The fourth-order valence-electron chi connectivity index (χ4n) is 1.95. The molecule has 1 fully saturated rings. The first-order chi connectivity index (χ1) is 8.35. The van der Waals surface area contributed by atoms with Gasteiger partial charge < -0.3 is 9.84 Å². The molecule has 1 N–H and O–H groups in total. The number of ether oxygens (including phenoxy) is 1. The molecule has 2 rings (SSSR count). The van der Waals surface area contributed by atoms with Crippen molar-refractivity contribution in [2.45, 2.75) is 12.6 Å². The zero-order chi connectivity index (χ0) is 12.1. The quantitative estimate of drug-likeness (QED) is 0.804. The highest BCUT2D eigenvalue weighted by Crippen LogP contribution is 2.13. The SMILES string of the molecule is N#Cc1ncccc1CN1CCOCC1CO. The van der Waals surface area contributed by atoms with Crippen molar-refractivity contribution in [3.8, 4) is 6.07 Å². The first-order valence-electron chi connectivity index (χ1n) is 5.62. The third-order valence-electron chi connectivity index (χ3n) is 2.93. The van der Waals surface area contributed by atoms with E-state index in [4.69, 9.17) is 10.00 Å². The Labute approximate surface area is 100 Å². The summed E-state index contributed by atoms with van der Waals surface area (Å²) in [5.41, 5.74) is 1.35. The molecule has 0 aliphatic carbocycles. The molecule has 0 aromatic carbocycles. The van der Waals surface area contributed by atoms with E-state index in [2.05, 4.69) is 16.0 Å². The summed E-state index contributed by atoms with van der Waals surface area (Å²) < 4.78 is 5.32. The third kappa shape index (κ3) is 2.80. The summed E-state index contributed by atoms with van der Waals surface area (Å²) in [6.45, 7) is 2.68. The molecule has 1 aromatic heterocycles. The molecule has 0 spiro atoms. The molecule has 1 aliphatic heterocycles. The molecular weight excluding hydrogens is 218 g/mol. The van der Waals surface area contributed by atoms with Crippen LogP contribution in [0.15, 0.2) is 18.3 Å². The monoisotopic (exact) mass is 233 g/mol. The minimum absolute atomic E-state index is 0.00972. The van der Waals surface area contributed by atoms with Crippen molar-refractivity contribution in [2.75, 3.05) is 26.4 Å². The molecule has 5 heteroatoms. The zero-order valence-electron chi connectivity index (χ0n) is 9.54. The van der Waals surface area contributed by atoms with Crippen LogP contribution in [0, 0.1) is 11.3 Å². The first-order valence-corrected chi connectivity index (χ1v) is 5.62. The van der Waals surface area contributed by atoms with E-state index >= 15 is 0 Å². The van der Waals surface area contributed by atoms with Gasteiger partial charge in [0.1, 0.15) is 11.8 Å². The summed E-state index contributed by atoms with van der Waals surface area (Å²) in [5.74, 6) is 0. The Morgan fingerprint density at radius 3 is 3.29 bits per heavy atom. The highest BCUT2D eigenvalue weighted by Gasteiger charge is 2.23. The van der Waals surface area contributed by atoms with Crippen LogP contribution in [0.5, 0.6) is 0 Å². The smallest absolute Gasteiger partial charge is 0.144 e. The molecule has 0 amide bonds. The van der Waals surface area contributed by atoms with Crippen molar-refractivity contribution < 1.29 is 9.84 Å². The number of pyridine rings is 1. The Bertz CT molecular complexity index is 416. The number of hydrogen-bond donors (Lipinski definition) is 1. The van der Waals surface area contributed by atoms with Gasteiger partial charge in [-0.25, -0.2) is 4.98 Å². The van der Waals surface area contributed by atoms with Crippen LogP contribution in [0.4, 0.5) is 0 Å². The molecule has 1 saturated heterocycles. The number of aliphatic hydroxyl groups excluding tert-OH is 1. The summed E-state index contributed by atoms with van der Waals surface area (Å²) in [7, 11) is 0. The van der Waals surface area contributed by atoms with E-state index in [-0.39, 0.29) is 12.6 Å². The lowest BCUT2D eigenvalue weighted by Gasteiger charge is -2.34. The zero-order valence-corrected chi connectivity index (χ0v) is 9.54. The van der Waals surface area contributed by atoms with Crippen LogP contribution in [-0.2, 0) is 11.3 Å². The van der Waals surface area contributed by atoms with Crippen LogP contribution < -0.4 is 0 Å². The largest absolute Gasteiger partial charge is 0.395 e. The van der Waals surface area contributed by atoms with Gasteiger partial charge in [-0.15, -0.1) is 0 Å². The number of aliphatic hydroxyl groups is 1. The van der Waals surface area contributed by atoms with Crippen molar-refractivity contribution in [3.63, 3.8) is 0 Å². The van der Waals surface area contributed by atoms with E-state index in [1.807, 2.05) is 12.1 Å². The maximum Gasteiger partial charge on any atom is 0.144 e. The van der Waals surface area contributed by atoms with Gasteiger partial charge in [0.2, 0.25) is 0 Å². The number of hydrogen-bond acceptors (Lipinski definition) is 5. The Morgan fingerprint density at radius 2 is 2.53 bits per heavy atom. The Morgan fingerprint density at radius 1 is 1.65 bits per heavy atom. The molecule has 2 heterocycles. The van der Waals surface area contributed by atoms with E-state index in [0.717, 1.165) is 12.1 Å². The van der Waals surface area contributed by atoms with Crippen LogP contribution in [0.1, 0.15) is 11.3 Å². The number of nitrogens with zero attached hydrogens (tertiary/aromatic N) is 3. The van der Waals surface area contributed by atoms with E-state index < -0.39 is 0 Å². The van der Waals surface area contributed by atoms with Gasteiger partial charge in [-0.2, -0.15) is 5.26 Å². The second-order valence-corrected chi connectivity index (χ2v) is 4.00. The molecule has 1 atom stereocenters. The molecule has 0 saturated carbocycles. The summed E-state index contributed by atoms with van der Waals surface area (Å²) in [4.78, 5) is 6.16. The third-order valence-corrected chi connectivity index (χ3v) is 2.93. The van der Waals surface area contributed by atoms with E-state index in [1.165, 1.54) is 0 Å². The van der Waals surface area contributed by atoms with Crippen molar-refractivity contribution in [3.05, 3.63) is 29.6 Å². The van der Waals surface area contributed by atoms with Crippen molar-refractivity contribution in [2.24, 2.45) is 0 Å². The van der Waals surface area contributed by atoms with Crippen LogP contribution in [0.3, 0.4) is 0 Å². The lowest BCUT2D eigenvalue weighted by Crippen LogP contribution is -2.46. The Balaban J connectivity index is 2.11. The predicted molar refractivity (Wildman–Crippen MR) is 61.1 cm³/mol. The molecular formula is C12H15N3O2. The van der Waals surface area contributed by atoms with Gasteiger partial charge in [-0.1, -0.05) is 6.07 Å². The van der Waals surface area contributed by atoms with E-state index in [0.29, 0.717) is 25.5 Å². The number of nitriles is 1. The molecule has 1 aromatic rings. The van der Waals surface area contributed by atoms with Crippen LogP contribution in [0.2, 0.25) is 0 Å². The van der Waals surface area contributed by atoms with Gasteiger partial charge in [0.15, 0.2) is 0 Å². The summed E-state index contributed by atoms with van der Waals surface area (Å²) in [6.07, 6.45) is 1.62. The fraction of sp³-hybridized carbons (Fsp3) is 0.500. The molecule has 17 heavy (non-hydrogen) atoms. The first kappa shape index (κ1) is 12.0. The second-order valence-electron chi connectivity index (χ2n) is 4.00. The number of rotatable bonds is 3. The average Bonchev–Trinajstić information content (AvgIpc) is 2.40. The van der Waals surface area contributed by atoms with Crippen LogP contribution in [0.25, 0.3) is 0 Å². The molecule has 0 bridgehead atoms. The van der Waals surface area contributed by atoms with Crippen LogP contribution in [-0.4, -0.2) is 47.4 Å². The lowest BCUT2D eigenvalue weighted by atomic mass is 10.1. The minimum Gasteiger partial charge on any atom is -0.395 e. The van der Waals surface area contributed by atoms with Crippen LogP contribution >= 0.6 is 0 Å². The Hall–Kier alpha value is -1.48. The van der Waals surface area contributed by atoms with Gasteiger partial charge in [0.25, 0.3) is 0 Å². The van der Waals surface area contributed by atoms with Crippen molar-refractivity contribution >= 4 is 0 Å². The standard InChI is InChI=1S/C12H15N3O2/c13-6-12-10(2-1-3-14-12)7-15-4-5-17-9-11(15)8-16/h1-3,11,16H,4-5,7-9H2. The molecule has 90 valence electrons. The van der Waals surface area contributed by atoms with E-state index in [1.54, 1.807) is 6.20 Å². The van der Waals surface area contributed by atoms with Gasteiger partial charge in [-0.05, 0) is 6.07 Å². The van der Waals surface area contributed by atoms with Crippen molar-refractivity contribution in [1.29, 1.82) is 5.26 Å². The summed E-state index contributed by atoms with van der Waals surface area (Å²) >= 11 is 0. The van der Waals surface area contributed by atoms with E-state index in [9.17, 15) is 5.11 Å². The Kier molecular flexibility index (Phi) is 4.04. The summed E-state index contributed by atoms with van der Waals surface area (Å²) in [5, 5.41) is 18.2. The second kappa shape index (κ2) is 5.73. The van der Waals surface area contributed by atoms with Gasteiger partial charge in [0, 0.05) is 24.8 Å². The van der Waals surface area contributed by atoms with Gasteiger partial charge in [0.05, 0.1) is 25.9 Å². The number of morpholine rings is 1. The topological polar surface area (TPSA) is 69.4 Å². The summed E-state index contributed by atoms with van der Waals surface area (Å²) in [6, 6.07) is 5.82. The lowest BCUT2D eigenvalue weighted by molar-refractivity contribution is -0.0313.